The molecule has 2 unspecified atom stereocenters. The second kappa shape index (κ2) is 6.72. The van der Waals surface area contributed by atoms with E-state index in [4.69, 9.17) is 4.98 Å². The van der Waals surface area contributed by atoms with E-state index in [2.05, 4.69) is 50.8 Å². The second-order valence-electron chi connectivity index (χ2n) is 7.37. The van der Waals surface area contributed by atoms with Crippen molar-refractivity contribution in [1.29, 1.82) is 0 Å². The molecular formula is C20H22N8. The fourth-order valence-corrected chi connectivity index (χ4v) is 3.68. The van der Waals surface area contributed by atoms with Crippen LogP contribution in [-0.4, -0.2) is 48.4 Å². The maximum Gasteiger partial charge on any atom is 0.159 e. The molecule has 8 heteroatoms. The van der Waals surface area contributed by atoms with Crippen molar-refractivity contribution in [2.24, 2.45) is 13.0 Å². The van der Waals surface area contributed by atoms with Crippen LogP contribution in [0.3, 0.4) is 0 Å². The molecule has 1 aromatic carbocycles. The summed E-state index contributed by atoms with van der Waals surface area (Å²) in [5.74, 6) is 2.09. The fraction of sp³-hybridized carbons (Fsp3) is 0.300. The van der Waals surface area contributed by atoms with Crippen LogP contribution in [0.5, 0.6) is 0 Å². The highest BCUT2D eigenvalue weighted by Crippen LogP contribution is 2.25. The van der Waals surface area contributed by atoms with E-state index in [1.165, 1.54) is 0 Å². The van der Waals surface area contributed by atoms with Crippen LogP contribution in [0.4, 0.5) is 5.82 Å². The maximum absolute atomic E-state index is 4.76. The van der Waals surface area contributed by atoms with Gasteiger partial charge < -0.3 is 10.6 Å². The van der Waals surface area contributed by atoms with Crippen LogP contribution in [0.15, 0.2) is 49.3 Å². The molecule has 1 fully saturated rings. The molecule has 142 valence electrons. The highest BCUT2D eigenvalue weighted by molar-refractivity contribution is 5.83. The van der Waals surface area contributed by atoms with Gasteiger partial charge in [0.05, 0.1) is 29.6 Å². The van der Waals surface area contributed by atoms with E-state index >= 15 is 0 Å². The molecule has 0 saturated carbocycles. The lowest BCUT2D eigenvalue weighted by Gasteiger charge is -2.17. The van der Waals surface area contributed by atoms with Crippen molar-refractivity contribution in [2.45, 2.75) is 13.0 Å². The van der Waals surface area contributed by atoms with Crippen LogP contribution >= 0.6 is 0 Å². The Morgan fingerprint density at radius 3 is 2.86 bits per heavy atom. The van der Waals surface area contributed by atoms with Crippen molar-refractivity contribution in [3.05, 3.63) is 49.3 Å². The van der Waals surface area contributed by atoms with Gasteiger partial charge in [0, 0.05) is 31.4 Å². The fourth-order valence-electron chi connectivity index (χ4n) is 3.68. The number of anilines is 1. The van der Waals surface area contributed by atoms with Crippen molar-refractivity contribution in [2.75, 3.05) is 18.4 Å². The molecular weight excluding hydrogens is 352 g/mol. The van der Waals surface area contributed by atoms with E-state index in [0.29, 0.717) is 12.0 Å². The summed E-state index contributed by atoms with van der Waals surface area (Å²) in [5, 5.41) is 11.1. The third kappa shape index (κ3) is 3.01. The second-order valence-corrected chi connectivity index (χ2v) is 7.37. The first-order valence-corrected chi connectivity index (χ1v) is 9.43. The van der Waals surface area contributed by atoms with E-state index in [-0.39, 0.29) is 0 Å². The highest BCUT2D eigenvalue weighted by atomic mass is 15.2. The molecule has 5 rings (SSSR count). The van der Waals surface area contributed by atoms with Gasteiger partial charge >= 0.3 is 0 Å². The molecule has 2 atom stereocenters. The standard InChI is InChI=1S/C20H22N8/c1-13-6-21-8-17(13)25-19-9-22-10-20(26-19)28-12-23-16-5-14(3-4-18(16)28)15-7-24-27(2)11-15/h3-5,7,9-13,17,21H,6,8H2,1-2H3,(H,25,26). The third-order valence-electron chi connectivity index (χ3n) is 5.30. The normalized spacial score (nSPS) is 19.4. The van der Waals surface area contributed by atoms with Crippen LogP contribution in [0.2, 0.25) is 0 Å². The Bertz CT molecular complexity index is 1130. The molecule has 3 aromatic heterocycles. The van der Waals surface area contributed by atoms with Crippen LogP contribution in [0, 0.1) is 5.92 Å². The molecule has 1 aliphatic heterocycles. The molecule has 0 amide bonds. The summed E-state index contributed by atoms with van der Waals surface area (Å²) in [5.41, 5.74) is 4.07. The molecule has 4 heterocycles. The van der Waals surface area contributed by atoms with Gasteiger partial charge in [-0.05, 0) is 30.2 Å². The number of hydrogen-bond donors (Lipinski definition) is 2. The Morgan fingerprint density at radius 1 is 1.14 bits per heavy atom. The summed E-state index contributed by atoms with van der Waals surface area (Å²) < 4.78 is 3.77. The third-order valence-corrected chi connectivity index (χ3v) is 5.30. The van der Waals surface area contributed by atoms with Crippen molar-refractivity contribution in [3.63, 3.8) is 0 Å². The average molecular weight is 374 g/mol. The lowest BCUT2D eigenvalue weighted by Crippen LogP contribution is -2.27. The lowest BCUT2D eigenvalue weighted by atomic mass is 10.1. The topological polar surface area (TPSA) is 85.5 Å². The molecule has 0 spiro atoms. The van der Waals surface area contributed by atoms with Gasteiger partial charge in [0.25, 0.3) is 0 Å². The number of nitrogens with one attached hydrogen (secondary N) is 2. The largest absolute Gasteiger partial charge is 0.364 e. The molecule has 0 aliphatic carbocycles. The number of benzene rings is 1. The summed E-state index contributed by atoms with van der Waals surface area (Å²) in [6, 6.07) is 6.59. The number of rotatable bonds is 4. The molecule has 0 radical (unpaired) electrons. The molecule has 8 nitrogen and oxygen atoms in total. The Morgan fingerprint density at radius 2 is 2.07 bits per heavy atom. The summed E-state index contributed by atoms with van der Waals surface area (Å²) in [6.07, 6.45) is 9.19. The predicted octanol–water partition coefficient (Wildman–Crippen LogP) is 2.24. The Hall–Kier alpha value is -3.26. The van der Waals surface area contributed by atoms with Gasteiger partial charge in [0.15, 0.2) is 5.82 Å². The van der Waals surface area contributed by atoms with E-state index < -0.39 is 0 Å². The van der Waals surface area contributed by atoms with Crippen molar-refractivity contribution in [1.82, 2.24) is 34.6 Å². The molecule has 2 N–H and O–H groups in total. The molecule has 1 saturated heterocycles. The zero-order valence-corrected chi connectivity index (χ0v) is 15.9. The van der Waals surface area contributed by atoms with E-state index in [9.17, 15) is 0 Å². The lowest BCUT2D eigenvalue weighted by molar-refractivity contribution is 0.593. The molecule has 28 heavy (non-hydrogen) atoms. The monoisotopic (exact) mass is 374 g/mol. The Kier molecular flexibility index (Phi) is 4.05. The van der Waals surface area contributed by atoms with Crippen molar-refractivity contribution in [3.8, 4) is 16.9 Å². The quantitative estimate of drug-likeness (QED) is 0.570. The van der Waals surface area contributed by atoms with Crippen LogP contribution in [0.1, 0.15) is 6.92 Å². The Balaban J connectivity index is 1.47. The smallest absolute Gasteiger partial charge is 0.159 e. The molecule has 4 aromatic rings. The van der Waals surface area contributed by atoms with Crippen LogP contribution in [0.25, 0.3) is 28.0 Å². The SMILES string of the molecule is CC1CNCC1Nc1cncc(-n2cnc3cc(-c4cnn(C)c4)ccc32)n1. The summed E-state index contributed by atoms with van der Waals surface area (Å²) in [7, 11) is 1.92. The number of fused-ring (bicyclic) bond motifs is 1. The highest BCUT2D eigenvalue weighted by Gasteiger charge is 2.23. The van der Waals surface area contributed by atoms with Gasteiger partial charge in [0.2, 0.25) is 0 Å². The van der Waals surface area contributed by atoms with Gasteiger partial charge in [-0.15, -0.1) is 0 Å². The van der Waals surface area contributed by atoms with E-state index in [1.807, 2.05) is 24.0 Å². The molecule has 1 aliphatic rings. The Labute approximate surface area is 162 Å². The zero-order valence-electron chi connectivity index (χ0n) is 15.9. The minimum Gasteiger partial charge on any atom is -0.364 e. The maximum atomic E-state index is 4.76. The number of aryl methyl sites for hydroxylation is 1. The van der Waals surface area contributed by atoms with Crippen LogP contribution < -0.4 is 10.6 Å². The first-order chi connectivity index (χ1) is 13.7. The van der Waals surface area contributed by atoms with E-state index in [0.717, 1.165) is 46.9 Å². The number of imidazole rings is 1. The summed E-state index contributed by atoms with van der Waals surface area (Å²) >= 11 is 0. The summed E-state index contributed by atoms with van der Waals surface area (Å²) in [4.78, 5) is 13.7. The first kappa shape index (κ1) is 16.9. The minimum absolute atomic E-state index is 0.367. The summed E-state index contributed by atoms with van der Waals surface area (Å²) in [6.45, 7) is 4.20. The first-order valence-electron chi connectivity index (χ1n) is 9.43. The number of nitrogens with zero attached hydrogens (tertiary/aromatic N) is 6. The van der Waals surface area contributed by atoms with Gasteiger partial charge in [-0.3, -0.25) is 14.2 Å². The molecule has 0 bridgehead atoms. The average Bonchev–Trinajstić information content (AvgIpc) is 3.42. The van der Waals surface area contributed by atoms with E-state index in [1.54, 1.807) is 23.4 Å². The van der Waals surface area contributed by atoms with Gasteiger partial charge in [-0.1, -0.05) is 13.0 Å². The van der Waals surface area contributed by atoms with Crippen LogP contribution in [-0.2, 0) is 7.05 Å². The number of hydrogen-bond acceptors (Lipinski definition) is 6. The van der Waals surface area contributed by atoms with Crippen molar-refractivity contribution < 1.29 is 0 Å². The minimum atomic E-state index is 0.367. The van der Waals surface area contributed by atoms with Gasteiger partial charge in [0.1, 0.15) is 12.1 Å². The number of aromatic nitrogens is 6. The zero-order chi connectivity index (χ0) is 19.1. The predicted molar refractivity (Wildman–Crippen MR) is 108 cm³/mol. The van der Waals surface area contributed by atoms with Crippen molar-refractivity contribution >= 4 is 16.9 Å². The van der Waals surface area contributed by atoms with Gasteiger partial charge in [-0.2, -0.15) is 5.10 Å². The van der Waals surface area contributed by atoms with Gasteiger partial charge in [-0.25, -0.2) is 9.97 Å².